The Hall–Kier alpha value is -3.64. The molecule has 1 aliphatic rings. The Kier molecular flexibility index (Phi) is 7.26. The number of aromatic carboxylic acids is 1. The van der Waals surface area contributed by atoms with Gasteiger partial charge in [-0.15, -0.1) is 0 Å². The summed E-state index contributed by atoms with van der Waals surface area (Å²) in [6.07, 6.45) is -0.934. The number of fused-ring (bicyclic) bond motifs is 1. The van der Waals surface area contributed by atoms with Crippen molar-refractivity contribution in [2.45, 2.75) is 38.3 Å². The maximum Gasteiger partial charge on any atom is 0.416 e. The summed E-state index contributed by atoms with van der Waals surface area (Å²) in [7, 11) is 0. The van der Waals surface area contributed by atoms with Gasteiger partial charge in [-0.1, -0.05) is 55.5 Å². The summed E-state index contributed by atoms with van der Waals surface area (Å²) in [5.74, 6) is -0.492. The molecule has 0 radical (unpaired) electrons. The van der Waals surface area contributed by atoms with E-state index >= 15 is 0 Å². The van der Waals surface area contributed by atoms with Gasteiger partial charge >= 0.3 is 12.1 Å². The molecule has 0 saturated carbocycles. The van der Waals surface area contributed by atoms with Crippen molar-refractivity contribution in [2.75, 3.05) is 19.6 Å². The highest BCUT2D eigenvalue weighted by atomic mass is 19.4. The topological polar surface area (TPSA) is 40.5 Å². The minimum Gasteiger partial charge on any atom is -0.478 e. The first-order chi connectivity index (χ1) is 18.2. The monoisotopic (exact) mass is 517 g/mol. The zero-order valence-electron chi connectivity index (χ0n) is 21.3. The Labute approximate surface area is 220 Å². The summed E-state index contributed by atoms with van der Waals surface area (Å²) in [5, 5.41) is 11.4. The average molecular weight is 518 g/mol. The fourth-order valence-electron chi connectivity index (χ4n) is 5.50. The molecular formula is C32H30F3NO2. The molecule has 0 unspecified atom stereocenters. The van der Waals surface area contributed by atoms with Gasteiger partial charge in [0.1, 0.15) is 0 Å². The summed E-state index contributed by atoms with van der Waals surface area (Å²) in [4.78, 5) is 14.5. The first-order valence-electron chi connectivity index (χ1n) is 13.0. The van der Waals surface area contributed by atoms with E-state index in [4.69, 9.17) is 0 Å². The van der Waals surface area contributed by atoms with Crippen LogP contribution in [0.25, 0.3) is 33.0 Å². The first kappa shape index (κ1) is 26.0. The fourth-order valence-corrected chi connectivity index (χ4v) is 5.50. The molecule has 1 aliphatic heterocycles. The number of benzene rings is 4. The van der Waals surface area contributed by atoms with Gasteiger partial charge < -0.3 is 10.0 Å². The highest BCUT2D eigenvalue weighted by molar-refractivity contribution is 6.04. The molecule has 0 amide bonds. The smallest absolute Gasteiger partial charge is 0.416 e. The van der Waals surface area contributed by atoms with Gasteiger partial charge in [-0.05, 0) is 114 Å². The number of hydrogen-bond donors (Lipinski definition) is 1. The quantitative estimate of drug-likeness (QED) is 0.279. The normalized spacial score (nSPS) is 15.2. The maximum atomic E-state index is 13.0. The fraction of sp³-hybridized carbons (Fsp3) is 0.281. The predicted octanol–water partition coefficient (Wildman–Crippen LogP) is 8.48. The molecule has 0 atom stereocenters. The van der Waals surface area contributed by atoms with Crippen LogP contribution in [0, 0.1) is 0 Å². The SMILES string of the molecule is CCCN1CCC(c2ccc(-c3cc(C(=O)O)cc4cc(-c5ccc(C(F)(F)F)cc5)ccc34)cc2)CC1. The number of nitrogens with zero attached hydrogens (tertiary/aromatic N) is 1. The van der Waals surface area contributed by atoms with Crippen molar-refractivity contribution in [3.05, 3.63) is 95.6 Å². The van der Waals surface area contributed by atoms with Crippen LogP contribution in [0.4, 0.5) is 13.2 Å². The molecular weight excluding hydrogens is 487 g/mol. The number of halogens is 3. The number of rotatable bonds is 6. The highest BCUT2D eigenvalue weighted by Gasteiger charge is 2.30. The molecule has 0 aromatic heterocycles. The molecule has 1 fully saturated rings. The van der Waals surface area contributed by atoms with E-state index in [1.54, 1.807) is 12.1 Å². The second-order valence-electron chi connectivity index (χ2n) is 10.1. The average Bonchev–Trinajstić information content (AvgIpc) is 2.92. The van der Waals surface area contributed by atoms with Gasteiger partial charge in [-0.3, -0.25) is 0 Å². The second kappa shape index (κ2) is 10.6. The summed E-state index contributed by atoms with van der Waals surface area (Å²) in [6, 6.07) is 22.4. The third-order valence-corrected chi connectivity index (χ3v) is 7.57. The van der Waals surface area contributed by atoms with E-state index in [-0.39, 0.29) is 5.56 Å². The zero-order valence-corrected chi connectivity index (χ0v) is 21.3. The Balaban J connectivity index is 1.47. The van der Waals surface area contributed by atoms with Gasteiger partial charge in [-0.25, -0.2) is 4.79 Å². The van der Waals surface area contributed by atoms with E-state index in [1.807, 2.05) is 18.2 Å². The zero-order chi connectivity index (χ0) is 26.9. The number of carboxylic acid groups (broad SMARTS) is 1. The van der Waals surface area contributed by atoms with Crippen LogP contribution in [0.15, 0.2) is 78.9 Å². The largest absolute Gasteiger partial charge is 0.478 e. The number of likely N-dealkylation sites (tertiary alicyclic amines) is 1. The lowest BCUT2D eigenvalue weighted by molar-refractivity contribution is -0.137. The number of carboxylic acids is 1. The van der Waals surface area contributed by atoms with E-state index in [9.17, 15) is 23.1 Å². The van der Waals surface area contributed by atoms with Crippen LogP contribution >= 0.6 is 0 Å². The van der Waals surface area contributed by atoms with E-state index in [2.05, 4.69) is 36.1 Å². The molecule has 38 heavy (non-hydrogen) atoms. The molecule has 1 N–H and O–H groups in total. The molecule has 4 aromatic rings. The van der Waals surface area contributed by atoms with E-state index in [0.717, 1.165) is 72.1 Å². The molecule has 0 aliphatic carbocycles. The minimum absolute atomic E-state index is 0.171. The molecule has 0 spiro atoms. The van der Waals surface area contributed by atoms with Crippen LogP contribution in [-0.4, -0.2) is 35.6 Å². The molecule has 5 rings (SSSR count). The molecule has 1 heterocycles. The van der Waals surface area contributed by atoms with Crippen LogP contribution in [0.2, 0.25) is 0 Å². The number of piperidine rings is 1. The van der Waals surface area contributed by atoms with Gasteiger partial charge in [-0.2, -0.15) is 13.2 Å². The molecule has 3 nitrogen and oxygen atoms in total. The lowest BCUT2D eigenvalue weighted by Gasteiger charge is -2.32. The third kappa shape index (κ3) is 5.46. The number of hydrogen-bond acceptors (Lipinski definition) is 2. The van der Waals surface area contributed by atoms with Crippen molar-refractivity contribution in [3.8, 4) is 22.3 Å². The second-order valence-corrected chi connectivity index (χ2v) is 10.1. The summed E-state index contributed by atoms with van der Waals surface area (Å²) < 4.78 is 38.9. The van der Waals surface area contributed by atoms with Crippen molar-refractivity contribution in [1.82, 2.24) is 4.90 Å². The third-order valence-electron chi connectivity index (χ3n) is 7.57. The van der Waals surface area contributed by atoms with Crippen molar-refractivity contribution >= 4 is 16.7 Å². The molecule has 1 saturated heterocycles. The minimum atomic E-state index is -4.39. The van der Waals surface area contributed by atoms with E-state index in [0.29, 0.717) is 11.5 Å². The molecule has 6 heteroatoms. The van der Waals surface area contributed by atoms with Crippen molar-refractivity contribution in [1.29, 1.82) is 0 Å². The standard InChI is InChI=1S/C32H30F3NO2/c1-2-15-36-16-13-23(14-17-36)21-3-5-24(6-4-21)30-20-27(31(37)38)19-26-18-25(9-12-29(26)30)22-7-10-28(11-8-22)32(33,34)35/h3-12,18-20,23H,2,13-17H2,1H3,(H,37,38). The van der Waals surface area contributed by atoms with Crippen molar-refractivity contribution in [2.24, 2.45) is 0 Å². The Morgan fingerprint density at radius 2 is 1.50 bits per heavy atom. The molecule has 196 valence electrons. The summed E-state index contributed by atoms with van der Waals surface area (Å²) in [6.45, 7) is 5.60. The number of alkyl halides is 3. The van der Waals surface area contributed by atoms with Gasteiger partial charge in [0.05, 0.1) is 11.1 Å². The van der Waals surface area contributed by atoms with Gasteiger partial charge in [0, 0.05) is 0 Å². The van der Waals surface area contributed by atoms with Gasteiger partial charge in [0.25, 0.3) is 0 Å². The Morgan fingerprint density at radius 3 is 2.11 bits per heavy atom. The van der Waals surface area contributed by atoms with Crippen molar-refractivity contribution < 1.29 is 23.1 Å². The summed E-state index contributed by atoms with van der Waals surface area (Å²) in [5.41, 5.74) is 3.90. The predicted molar refractivity (Wildman–Crippen MR) is 145 cm³/mol. The first-order valence-corrected chi connectivity index (χ1v) is 13.0. The Bertz CT molecular complexity index is 1440. The highest BCUT2D eigenvalue weighted by Crippen LogP contribution is 2.36. The van der Waals surface area contributed by atoms with Crippen LogP contribution in [-0.2, 0) is 6.18 Å². The lowest BCUT2D eigenvalue weighted by atomic mass is 9.87. The molecule has 4 aromatic carbocycles. The van der Waals surface area contributed by atoms with Crippen LogP contribution in [0.3, 0.4) is 0 Å². The summed E-state index contributed by atoms with van der Waals surface area (Å²) >= 11 is 0. The maximum absolute atomic E-state index is 13.0. The van der Waals surface area contributed by atoms with Gasteiger partial charge in [0.15, 0.2) is 0 Å². The van der Waals surface area contributed by atoms with E-state index in [1.165, 1.54) is 24.1 Å². The van der Waals surface area contributed by atoms with Crippen molar-refractivity contribution in [3.63, 3.8) is 0 Å². The van der Waals surface area contributed by atoms with E-state index < -0.39 is 17.7 Å². The van der Waals surface area contributed by atoms with Gasteiger partial charge in [0.2, 0.25) is 0 Å². The van der Waals surface area contributed by atoms with Crippen LogP contribution < -0.4 is 0 Å². The molecule has 0 bridgehead atoms. The number of carbonyl (C=O) groups is 1. The Morgan fingerprint density at radius 1 is 0.868 bits per heavy atom. The van der Waals surface area contributed by atoms with Crippen LogP contribution in [0.1, 0.15) is 53.6 Å². The lowest BCUT2D eigenvalue weighted by Crippen LogP contribution is -2.33. The van der Waals surface area contributed by atoms with Crippen LogP contribution in [0.5, 0.6) is 0 Å².